The van der Waals surface area contributed by atoms with Crippen molar-refractivity contribution < 1.29 is 4.79 Å². The van der Waals surface area contributed by atoms with Crippen molar-refractivity contribution in [3.8, 4) is 0 Å². The van der Waals surface area contributed by atoms with Crippen molar-refractivity contribution in [3.63, 3.8) is 0 Å². The number of benzene rings is 1. The fraction of sp³-hybridized carbons (Fsp3) is 0.267. The van der Waals surface area contributed by atoms with Gasteiger partial charge in [-0.3, -0.25) is 14.8 Å². The highest BCUT2D eigenvalue weighted by Gasteiger charge is 2.50. The molecule has 0 unspecified atom stereocenters. The number of carbonyl (C=O) groups is 1. The van der Waals surface area contributed by atoms with Crippen LogP contribution in [0.5, 0.6) is 0 Å². The van der Waals surface area contributed by atoms with Gasteiger partial charge in [0.1, 0.15) is 0 Å². The quantitative estimate of drug-likeness (QED) is 0.904. The van der Waals surface area contributed by atoms with Crippen LogP contribution in [0.25, 0.3) is 0 Å². The Morgan fingerprint density at radius 1 is 1.21 bits per heavy atom. The van der Waals surface area contributed by atoms with Crippen molar-refractivity contribution in [2.24, 2.45) is 0 Å². The molecule has 0 radical (unpaired) electrons. The smallest absolute Gasteiger partial charge is 0.230 e. The van der Waals surface area contributed by atoms with Crippen molar-refractivity contribution in [2.75, 3.05) is 0 Å². The Hall–Kier alpha value is -2.23. The van der Waals surface area contributed by atoms with Gasteiger partial charge in [0.05, 0.1) is 23.9 Å². The highest BCUT2D eigenvalue weighted by atomic mass is 16.2. The number of aromatic nitrogens is 2. The molecule has 1 aromatic carbocycles. The molecule has 2 aromatic rings. The zero-order valence-electron chi connectivity index (χ0n) is 10.5. The first kappa shape index (κ1) is 11.8. The van der Waals surface area contributed by atoms with Crippen molar-refractivity contribution in [3.05, 3.63) is 60.2 Å². The number of rotatable bonds is 4. The van der Waals surface area contributed by atoms with E-state index in [-0.39, 0.29) is 11.3 Å². The third-order valence-electron chi connectivity index (χ3n) is 3.56. The predicted molar refractivity (Wildman–Crippen MR) is 71.2 cm³/mol. The molecule has 0 aliphatic heterocycles. The fourth-order valence-electron chi connectivity index (χ4n) is 2.29. The Labute approximate surface area is 111 Å². The summed E-state index contributed by atoms with van der Waals surface area (Å²) >= 11 is 0. The van der Waals surface area contributed by atoms with Crippen LogP contribution >= 0.6 is 0 Å². The molecule has 3 rings (SSSR count). The summed E-state index contributed by atoms with van der Waals surface area (Å²) < 4.78 is 0. The maximum Gasteiger partial charge on any atom is 0.230 e. The highest BCUT2D eigenvalue weighted by Crippen LogP contribution is 2.48. The van der Waals surface area contributed by atoms with Gasteiger partial charge in [-0.15, -0.1) is 0 Å². The Bertz CT molecular complexity index is 564. The van der Waals surface area contributed by atoms with Crippen LogP contribution in [0.3, 0.4) is 0 Å². The third kappa shape index (κ3) is 2.34. The molecule has 1 aliphatic rings. The number of nitrogens with one attached hydrogen (secondary N) is 1. The van der Waals surface area contributed by atoms with Gasteiger partial charge in [0.2, 0.25) is 5.91 Å². The average molecular weight is 253 g/mol. The number of carbonyl (C=O) groups excluding carboxylic acids is 1. The van der Waals surface area contributed by atoms with E-state index in [9.17, 15) is 4.79 Å². The summed E-state index contributed by atoms with van der Waals surface area (Å²) in [6.45, 7) is 0.432. The molecule has 96 valence electrons. The Morgan fingerprint density at radius 2 is 2.00 bits per heavy atom. The molecule has 4 heteroatoms. The molecule has 4 nitrogen and oxygen atoms in total. The number of nitrogens with zero attached hydrogens (tertiary/aromatic N) is 2. The van der Waals surface area contributed by atoms with Crippen LogP contribution in [0.15, 0.2) is 48.9 Å². The van der Waals surface area contributed by atoms with Gasteiger partial charge < -0.3 is 5.32 Å². The summed E-state index contributed by atoms with van der Waals surface area (Å²) in [5.41, 5.74) is 1.56. The van der Waals surface area contributed by atoms with Crippen molar-refractivity contribution in [1.29, 1.82) is 0 Å². The van der Waals surface area contributed by atoms with Crippen LogP contribution < -0.4 is 5.32 Å². The van der Waals surface area contributed by atoms with Crippen LogP contribution in [0.1, 0.15) is 24.1 Å². The van der Waals surface area contributed by atoms with Crippen molar-refractivity contribution >= 4 is 5.91 Å². The van der Waals surface area contributed by atoms with E-state index in [1.165, 1.54) is 0 Å². The van der Waals surface area contributed by atoms with E-state index in [1.807, 2.05) is 30.3 Å². The molecule has 1 heterocycles. The lowest BCUT2D eigenvalue weighted by atomic mass is 9.95. The zero-order valence-corrected chi connectivity index (χ0v) is 10.5. The first-order chi connectivity index (χ1) is 9.31. The summed E-state index contributed by atoms with van der Waals surface area (Å²) in [4.78, 5) is 20.5. The van der Waals surface area contributed by atoms with Crippen molar-refractivity contribution in [1.82, 2.24) is 15.3 Å². The van der Waals surface area contributed by atoms with Gasteiger partial charge in [-0.2, -0.15) is 0 Å². The number of hydrogen-bond donors (Lipinski definition) is 1. The van der Waals surface area contributed by atoms with E-state index in [4.69, 9.17) is 0 Å². The lowest BCUT2D eigenvalue weighted by molar-refractivity contribution is -0.123. The summed E-state index contributed by atoms with van der Waals surface area (Å²) in [5, 5.41) is 2.96. The van der Waals surface area contributed by atoms with E-state index in [1.54, 1.807) is 18.6 Å². The van der Waals surface area contributed by atoms with Gasteiger partial charge in [0.15, 0.2) is 0 Å². The Kier molecular flexibility index (Phi) is 2.99. The number of hydrogen-bond acceptors (Lipinski definition) is 3. The summed E-state index contributed by atoms with van der Waals surface area (Å²) in [6.07, 6.45) is 6.76. The first-order valence-electron chi connectivity index (χ1n) is 6.40. The molecule has 1 aromatic heterocycles. The summed E-state index contributed by atoms with van der Waals surface area (Å²) in [6, 6.07) is 9.97. The standard InChI is InChI=1S/C15H15N3O/c19-14(18-11-13-10-16-8-9-17-13)15(6-7-15)12-4-2-1-3-5-12/h1-5,8-10H,6-7,11H2,(H,18,19). The van der Waals surface area contributed by atoms with E-state index in [2.05, 4.69) is 15.3 Å². The van der Waals surface area contributed by atoms with Crippen LogP contribution in [0, 0.1) is 0 Å². The third-order valence-corrected chi connectivity index (χ3v) is 3.56. The van der Waals surface area contributed by atoms with E-state index < -0.39 is 0 Å². The molecule has 1 fully saturated rings. The van der Waals surface area contributed by atoms with Crippen LogP contribution in [-0.4, -0.2) is 15.9 Å². The van der Waals surface area contributed by atoms with Gasteiger partial charge in [-0.05, 0) is 18.4 Å². The first-order valence-corrected chi connectivity index (χ1v) is 6.40. The lowest BCUT2D eigenvalue weighted by Crippen LogP contribution is -2.34. The minimum atomic E-state index is -0.316. The molecular weight excluding hydrogens is 238 g/mol. The summed E-state index contributed by atoms with van der Waals surface area (Å²) in [7, 11) is 0. The van der Waals surface area contributed by atoms with Crippen LogP contribution in [0.2, 0.25) is 0 Å². The van der Waals surface area contributed by atoms with Gasteiger partial charge in [-0.1, -0.05) is 30.3 Å². The topological polar surface area (TPSA) is 54.9 Å². The normalized spacial score (nSPS) is 15.8. The average Bonchev–Trinajstić information content (AvgIpc) is 3.28. The molecule has 0 spiro atoms. The molecule has 1 amide bonds. The van der Waals surface area contributed by atoms with E-state index in [0.717, 1.165) is 24.1 Å². The molecule has 19 heavy (non-hydrogen) atoms. The van der Waals surface area contributed by atoms with Crippen LogP contribution in [-0.2, 0) is 16.8 Å². The van der Waals surface area contributed by atoms with Gasteiger partial charge in [0.25, 0.3) is 0 Å². The van der Waals surface area contributed by atoms with Gasteiger partial charge in [-0.25, -0.2) is 0 Å². The fourth-order valence-corrected chi connectivity index (χ4v) is 2.29. The highest BCUT2D eigenvalue weighted by molar-refractivity contribution is 5.91. The second-order valence-corrected chi connectivity index (χ2v) is 4.83. The SMILES string of the molecule is O=C(NCc1cnccn1)C1(c2ccccc2)CC1. The van der Waals surface area contributed by atoms with Gasteiger partial charge >= 0.3 is 0 Å². The molecule has 1 N–H and O–H groups in total. The van der Waals surface area contributed by atoms with Crippen LogP contribution in [0.4, 0.5) is 0 Å². The maximum atomic E-state index is 12.3. The Morgan fingerprint density at radius 3 is 2.63 bits per heavy atom. The monoisotopic (exact) mass is 253 g/mol. The molecule has 1 aliphatic carbocycles. The lowest BCUT2D eigenvalue weighted by Gasteiger charge is -2.15. The second kappa shape index (κ2) is 4.80. The van der Waals surface area contributed by atoms with E-state index in [0.29, 0.717) is 6.54 Å². The van der Waals surface area contributed by atoms with E-state index >= 15 is 0 Å². The van der Waals surface area contributed by atoms with Crippen molar-refractivity contribution in [2.45, 2.75) is 24.8 Å². The maximum absolute atomic E-state index is 12.3. The molecule has 0 bridgehead atoms. The zero-order chi connectivity index (χ0) is 13.1. The number of amides is 1. The predicted octanol–water partition coefficient (Wildman–Crippen LogP) is 1.82. The second-order valence-electron chi connectivity index (χ2n) is 4.83. The Balaban J connectivity index is 1.68. The summed E-state index contributed by atoms with van der Waals surface area (Å²) in [5.74, 6) is 0.0874. The molecular formula is C15H15N3O. The minimum absolute atomic E-state index is 0.0874. The molecule has 0 saturated heterocycles. The molecule has 0 atom stereocenters. The minimum Gasteiger partial charge on any atom is -0.350 e. The largest absolute Gasteiger partial charge is 0.350 e. The van der Waals surface area contributed by atoms with Gasteiger partial charge in [0, 0.05) is 12.4 Å². The molecule has 1 saturated carbocycles.